The third-order valence-corrected chi connectivity index (χ3v) is 6.02. The number of benzene rings is 1. The predicted octanol–water partition coefficient (Wildman–Crippen LogP) is 2.37. The summed E-state index contributed by atoms with van der Waals surface area (Å²) in [5, 5.41) is -0.0982. The third kappa shape index (κ3) is 2.83. The monoisotopic (exact) mass is 320 g/mol. The zero-order chi connectivity index (χ0) is 14.9. The standard InChI is InChI=1S/C13H18ClFN2O2S/c1-9(16)12-7-2-3-8-17(12)20(18,19)13-10(14)5-4-6-11(13)15/h4-6,9,12H,2-3,7-8,16H2,1H3. The van der Waals surface area contributed by atoms with Gasteiger partial charge in [0, 0.05) is 18.6 Å². The molecule has 4 nitrogen and oxygen atoms in total. The number of hydrogen-bond donors (Lipinski definition) is 1. The van der Waals surface area contributed by atoms with Crippen molar-refractivity contribution < 1.29 is 12.8 Å². The van der Waals surface area contributed by atoms with Crippen LogP contribution in [0.5, 0.6) is 0 Å². The van der Waals surface area contributed by atoms with E-state index in [1.165, 1.54) is 16.4 Å². The van der Waals surface area contributed by atoms with Crippen molar-refractivity contribution in [2.75, 3.05) is 6.54 Å². The molecule has 1 aliphatic rings. The molecule has 0 amide bonds. The van der Waals surface area contributed by atoms with Crippen LogP contribution in [0.15, 0.2) is 23.1 Å². The van der Waals surface area contributed by atoms with Gasteiger partial charge < -0.3 is 5.73 Å². The number of piperidine rings is 1. The zero-order valence-electron chi connectivity index (χ0n) is 11.2. The van der Waals surface area contributed by atoms with Crippen molar-refractivity contribution in [2.24, 2.45) is 5.73 Å². The summed E-state index contributed by atoms with van der Waals surface area (Å²) in [6, 6.07) is 3.24. The van der Waals surface area contributed by atoms with Crippen molar-refractivity contribution in [3.63, 3.8) is 0 Å². The van der Waals surface area contributed by atoms with E-state index in [9.17, 15) is 12.8 Å². The lowest BCUT2D eigenvalue weighted by Gasteiger charge is -2.37. The van der Waals surface area contributed by atoms with E-state index >= 15 is 0 Å². The van der Waals surface area contributed by atoms with Gasteiger partial charge >= 0.3 is 0 Å². The van der Waals surface area contributed by atoms with E-state index in [0.717, 1.165) is 18.9 Å². The number of nitrogens with zero attached hydrogens (tertiary/aromatic N) is 1. The number of nitrogens with two attached hydrogens (primary N) is 1. The minimum absolute atomic E-state index is 0.0982. The Labute approximate surface area is 123 Å². The van der Waals surface area contributed by atoms with Crippen LogP contribution in [-0.2, 0) is 10.0 Å². The molecule has 1 aromatic rings. The van der Waals surface area contributed by atoms with Crippen LogP contribution in [0.4, 0.5) is 4.39 Å². The maximum Gasteiger partial charge on any atom is 0.247 e. The molecule has 0 saturated carbocycles. The molecule has 2 unspecified atom stereocenters. The Morgan fingerprint density at radius 2 is 2.15 bits per heavy atom. The van der Waals surface area contributed by atoms with E-state index in [0.29, 0.717) is 13.0 Å². The summed E-state index contributed by atoms with van der Waals surface area (Å²) in [6.45, 7) is 2.11. The molecular weight excluding hydrogens is 303 g/mol. The van der Waals surface area contributed by atoms with E-state index in [1.807, 2.05) is 0 Å². The maximum atomic E-state index is 13.9. The van der Waals surface area contributed by atoms with Crippen LogP contribution in [-0.4, -0.2) is 31.4 Å². The van der Waals surface area contributed by atoms with Gasteiger partial charge in [-0.25, -0.2) is 12.8 Å². The molecule has 0 bridgehead atoms. The summed E-state index contributed by atoms with van der Waals surface area (Å²) in [5.74, 6) is -0.827. The lowest BCUT2D eigenvalue weighted by atomic mass is 10.00. The molecule has 0 aromatic heterocycles. The Kier molecular flexibility index (Phi) is 4.69. The summed E-state index contributed by atoms with van der Waals surface area (Å²) in [6.07, 6.45) is 2.35. The lowest BCUT2D eigenvalue weighted by Crippen LogP contribution is -2.51. The van der Waals surface area contributed by atoms with Crippen molar-refractivity contribution in [3.05, 3.63) is 29.0 Å². The minimum atomic E-state index is -3.97. The first-order valence-electron chi connectivity index (χ1n) is 6.57. The molecule has 2 atom stereocenters. The second-order valence-electron chi connectivity index (χ2n) is 5.09. The molecule has 0 spiro atoms. The third-order valence-electron chi connectivity index (χ3n) is 3.59. The predicted molar refractivity (Wildman–Crippen MR) is 76.6 cm³/mol. The second-order valence-corrected chi connectivity index (χ2v) is 7.32. The molecule has 1 fully saturated rings. The quantitative estimate of drug-likeness (QED) is 0.930. The lowest BCUT2D eigenvalue weighted by molar-refractivity contribution is 0.226. The molecule has 1 saturated heterocycles. The van der Waals surface area contributed by atoms with Crippen LogP contribution in [0.25, 0.3) is 0 Å². The number of rotatable bonds is 3. The number of halogens is 2. The highest BCUT2D eigenvalue weighted by atomic mass is 35.5. The van der Waals surface area contributed by atoms with Crippen LogP contribution in [0, 0.1) is 5.82 Å². The van der Waals surface area contributed by atoms with E-state index < -0.39 is 20.7 Å². The fourth-order valence-electron chi connectivity index (χ4n) is 2.60. The molecular formula is C13H18ClFN2O2S. The largest absolute Gasteiger partial charge is 0.326 e. The highest BCUT2D eigenvalue weighted by molar-refractivity contribution is 7.89. The van der Waals surface area contributed by atoms with Crippen molar-refractivity contribution in [2.45, 2.75) is 43.2 Å². The summed E-state index contributed by atoms with van der Waals surface area (Å²) in [5.41, 5.74) is 5.88. The first-order chi connectivity index (χ1) is 9.35. The summed E-state index contributed by atoms with van der Waals surface area (Å²) >= 11 is 5.88. The second kappa shape index (κ2) is 5.97. The van der Waals surface area contributed by atoms with Gasteiger partial charge in [-0.1, -0.05) is 24.1 Å². The minimum Gasteiger partial charge on any atom is -0.326 e. The molecule has 1 aromatic carbocycles. The molecule has 20 heavy (non-hydrogen) atoms. The number of sulfonamides is 1. The van der Waals surface area contributed by atoms with E-state index in [-0.39, 0.29) is 17.1 Å². The molecule has 0 aliphatic carbocycles. The Morgan fingerprint density at radius 1 is 1.45 bits per heavy atom. The van der Waals surface area contributed by atoms with E-state index in [4.69, 9.17) is 17.3 Å². The summed E-state index contributed by atoms with van der Waals surface area (Å²) < 4.78 is 40.6. The van der Waals surface area contributed by atoms with Gasteiger partial charge in [-0.15, -0.1) is 0 Å². The van der Waals surface area contributed by atoms with Crippen molar-refractivity contribution >= 4 is 21.6 Å². The first kappa shape index (κ1) is 15.7. The van der Waals surface area contributed by atoms with Crippen LogP contribution in [0.3, 0.4) is 0 Å². The van der Waals surface area contributed by atoms with E-state index in [1.54, 1.807) is 6.92 Å². The van der Waals surface area contributed by atoms with E-state index in [2.05, 4.69) is 0 Å². The molecule has 112 valence electrons. The molecule has 1 heterocycles. The van der Waals surface area contributed by atoms with Gasteiger partial charge in [0.15, 0.2) is 0 Å². The van der Waals surface area contributed by atoms with Gasteiger partial charge in [0.05, 0.1) is 5.02 Å². The Bertz CT molecular complexity index is 572. The molecule has 2 rings (SSSR count). The van der Waals surface area contributed by atoms with Crippen LogP contribution in [0.1, 0.15) is 26.2 Å². The average Bonchev–Trinajstić information content (AvgIpc) is 2.38. The fraction of sp³-hybridized carbons (Fsp3) is 0.538. The van der Waals surface area contributed by atoms with Gasteiger partial charge in [0.2, 0.25) is 10.0 Å². The van der Waals surface area contributed by atoms with Crippen molar-refractivity contribution in [1.82, 2.24) is 4.31 Å². The average molecular weight is 321 g/mol. The Morgan fingerprint density at radius 3 is 2.75 bits per heavy atom. The molecule has 2 N–H and O–H groups in total. The topological polar surface area (TPSA) is 63.4 Å². The van der Waals surface area contributed by atoms with Crippen LogP contribution < -0.4 is 5.73 Å². The maximum absolute atomic E-state index is 13.9. The summed E-state index contributed by atoms with van der Waals surface area (Å²) in [4.78, 5) is -0.450. The molecule has 1 aliphatic heterocycles. The van der Waals surface area contributed by atoms with Gasteiger partial charge in [-0.2, -0.15) is 4.31 Å². The van der Waals surface area contributed by atoms with Crippen molar-refractivity contribution in [1.29, 1.82) is 0 Å². The summed E-state index contributed by atoms with van der Waals surface area (Å²) in [7, 11) is -3.97. The van der Waals surface area contributed by atoms with Crippen LogP contribution >= 0.6 is 11.6 Å². The highest BCUT2D eigenvalue weighted by Gasteiger charge is 2.37. The van der Waals surface area contributed by atoms with Gasteiger partial charge in [-0.3, -0.25) is 0 Å². The Balaban J connectivity index is 2.48. The molecule has 7 heteroatoms. The first-order valence-corrected chi connectivity index (χ1v) is 8.39. The van der Waals surface area contributed by atoms with Crippen LogP contribution in [0.2, 0.25) is 5.02 Å². The highest BCUT2D eigenvalue weighted by Crippen LogP contribution is 2.31. The fourth-order valence-corrected chi connectivity index (χ4v) is 4.94. The SMILES string of the molecule is CC(N)C1CCCCN1S(=O)(=O)c1c(F)cccc1Cl. The molecule has 0 radical (unpaired) electrons. The van der Waals surface area contributed by atoms with Gasteiger partial charge in [-0.05, 0) is 31.9 Å². The van der Waals surface area contributed by atoms with Crippen molar-refractivity contribution in [3.8, 4) is 0 Å². The van der Waals surface area contributed by atoms with Gasteiger partial charge in [0.25, 0.3) is 0 Å². The zero-order valence-corrected chi connectivity index (χ0v) is 12.8. The smallest absolute Gasteiger partial charge is 0.247 e. The van der Waals surface area contributed by atoms with Gasteiger partial charge in [0.1, 0.15) is 10.7 Å². The number of hydrogen-bond acceptors (Lipinski definition) is 3. The Hall–Kier alpha value is -0.690. The normalized spacial score (nSPS) is 22.7.